The molecule has 13 heavy (non-hydrogen) atoms. The van der Waals surface area contributed by atoms with E-state index in [4.69, 9.17) is 11.0 Å². The number of aryl methyl sites for hydroxylation is 1. The zero-order valence-electron chi connectivity index (χ0n) is 7.61. The van der Waals surface area contributed by atoms with E-state index in [1.165, 1.54) is 5.56 Å². The molecule has 0 aliphatic heterocycles. The molecule has 0 saturated carbocycles. The summed E-state index contributed by atoms with van der Waals surface area (Å²) in [5, 5.41) is 8.40. The molecule has 0 heterocycles. The van der Waals surface area contributed by atoms with Gasteiger partial charge in [0.2, 0.25) is 0 Å². The molecule has 0 amide bonds. The second-order valence-corrected chi connectivity index (χ2v) is 3.15. The Balaban J connectivity index is 2.32. The van der Waals surface area contributed by atoms with Gasteiger partial charge in [0.15, 0.2) is 0 Å². The molecule has 2 N–H and O–H groups in total. The third kappa shape index (κ3) is 3.73. The van der Waals surface area contributed by atoms with E-state index in [0.717, 1.165) is 12.8 Å². The average molecular weight is 174 g/mol. The van der Waals surface area contributed by atoms with Crippen LogP contribution < -0.4 is 5.73 Å². The Morgan fingerprint density at radius 2 is 2.00 bits per heavy atom. The highest BCUT2D eigenvalue weighted by Crippen LogP contribution is 2.04. The Morgan fingerprint density at radius 3 is 2.62 bits per heavy atom. The number of nitrogens with zero attached hydrogens (tertiary/aromatic N) is 1. The predicted octanol–water partition coefficient (Wildman–Crippen LogP) is 1.86. The van der Waals surface area contributed by atoms with E-state index in [9.17, 15) is 0 Å². The summed E-state index contributed by atoms with van der Waals surface area (Å²) >= 11 is 0. The third-order valence-corrected chi connectivity index (χ3v) is 2.00. The van der Waals surface area contributed by atoms with Crippen LogP contribution in [0.4, 0.5) is 0 Å². The zero-order chi connectivity index (χ0) is 9.52. The molecular formula is C11H14N2. The van der Waals surface area contributed by atoms with Crippen LogP contribution in [0.2, 0.25) is 0 Å². The predicted molar refractivity (Wildman–Crippen MR) is 53.0 cm³/mol. The van der Waals surface area contributed by atoms with Gasteiger partial charge in [-0.3, -0.25) is 0 Å². The summed E-state index contributed by atoms with van der Waals surface area (Å²) in [6.45, 7) is 0. The van der Waals surface area contributed by atoms with Crippen molar-refractivity contribution in [3.05, 3.63) is 35.9 Å². The van der Waals surface area contributed by atoms with Gasteiger partial charge < -0.3 is 5.73 Å². The summed E-state index contributed by atoms with van der Waals surface area (Å²) in [5.41, 5.74) is 7.00. The number of hydrogen-bond donors (Lipinski definition) is 1. The van der Waals surface area contributed by atoms with Crippen LogP contribution in [-0.4, -0.2) is 6.04 Å². The van der Waals surface area contributed by atoms with Crippen LogP contribution in [0.1, 0.15) is 18.4 Å². The highest BCUT2D eigenvalue weighted by molar-refractivity contribution is 5.14. The Labute approximate surface area is 79.0 Å². The van der Waals surface area contributed by atoms with Crippen molar-refractivity contribution in [3.63, 3.8) is 0 Å². The lowest BCUT2D eigenvalue weighted by atomic mass is 10.0. The summed E-state index contributed by atoms with van der Waals surface area (Å²) in [6.07, 6.45) is 2.30. The SMILES string of the molecule is N#CCC(N)CCc1ccccc1. The molecule has 0 spiro atoms. The van der Waals surface area contributed by atoms with Gasteiger partial charge in [0.25, 0.3) is 0 Å². The molecule has 68 valence electrons. The van der Waals surface area contributed by atoms with Crippen molar-refractivity contribution < 1.29 is 0 Å². The molecule has 0 aliphatic carbocycles. The monoisotopic (exact) mass is 174 g/mol. The summed E-state index contributed by atoms with van der Waals surface area (Å²) in [7, 11) is 0. The number of benzene rings is 1. The van der Waals surface area contributed by atoms with Crippen molar-refractivity contribution >= 4 is 0 Å². The molecule has 1 atom stereocenters. The standard InChI is InChI=1S/C11H14N2/c12-9-8-11(13)7-6-10-4-2-1-3-5-10/h1-5,11H,6-8,13H2. The van der Waals surface area contributed by atoms with E-state index in [1.807, 2.05) is 18.2 Å². The molecule has 0 aromatic heterocycles. The van der Waals surface area contributed by atoms with E-state index < -0.39 is 0 Å². The highest BCUT2D eigenvalue weighted by Gasteiger charge is 2.01. The molecule has 0 aliphatic rings. The van der Waals surface area contributed by atoms with Crippen LogP contribution in [0, 0.1) is 11.3 Å². The minimum Gasteiger partial charge on any atom is -0.327 e. The van der Waals surface area contributed by atoms with Crippen molar-refractivity contribution in [2.24, 2.45) is 5.73 Å². The van der Waals surface area contributed by atoms with Crippen molar-refractivity contribution in [2.75, 3.05) is 0 Å². The Bertz CT molecular complexity index is 274. The minimum absolute atomic E-state index is 0.0187. The van der Waals surface area contributed by atoms with Crippen LogP contribution in [0.3, 0.4) is 0 Å². The summed E-state index contributed by atoms with van der Waals surface area (Å²) < 4.78 is 0. The molecular weight excluding hydrogens is 160 g/mol. The topological polar surface area (TPSA) is 49.8 Å². The summed E-state index contributed by atoms with van der Waals surface area (Å²) in [5.74, 6) is 0. The second kappa shape index (κ2) is 5.34. The fourth-order valence-corrected chi connectivity index (χ4v) is 1.22. The maximum absolute atomic E-state index is 8.40. The van der Waals surface area contributed by atoms with E-state index in [-0.39, 0.29) is 6.04 Å². The van der Waals surface area contributed by atoms with Crippen molar-refractivity contribution in [1.82, 2.24) is 0 Å². The van der Waals surface area contributed by atoms with Crippen LogP contribution in [0.5, 0.6) is 0 Å². The van der Waals surface area contributed by atoms with Gasteiger partial charge in [-0.1, -0.05) is 30.3 Å². The maximum atomic E-state index is 8.40. The van der Waals surface area contributed by atoms with Gasteiger partial charge in [-0.25, -0.2) is 0 Å². The second-order valence-electron chi connectivity index (χ2n) is 3.15. The third-order valence-electron chi connectivity index (χ3n) is 2.00. The minimum atomic E-state index is 0.0187. The number of nitriles is 1. The number of hydrogen-bond acceptors (Lipinski definition) is 2. The van der Waals surface area contributed by atoms with Gasteiger partial charge >= 0.3 is 0 Å². The van der Waals surface area contributed by atoms with E-state index in [2.05, 4.69) is 18.2 Å². The van der Waals surface area contributed by atoms with E-state index >= 15 is 0 Å². The first kappa shape index (κ1) is 9.76. The first-order valence-electron chi connectivity index (χ1n) is 4.49. The van der Waals surface area contributed by atoms with Gasteiger partial charge in [0.1, 0.15) is 0 Å². The van der Waals surface area contributed by atoms with Gasteiger partial charge in [0.05, 0.1) is 12.5 Å². The quantitative estimate of drug-likeness (QED) is 0.757. The Morgan fingerprint density at radius 1 is 1.31 bits per heavy atom. The lowest BCUT2D eigenvalue weighted by molar-refractivity contribution is 0.626. The molecule has 2 heteroatoms. The first-order valence-corrected chi connectivity index (χ1v) is 4.49. The lowest BCUT2D eigenvalue weighted by Crippen LogP contribution is -2.19. The number of nitrogens with two attached hydrogens (primary N) is 1. The lowest BCUT2D eigenvalue weighted by Gasteiger charge is -2.06. The van der Waals surface area contributed by atoms with Gasteiger partial charge in [-0.2, -0.15) is 5.26 Å². The van der Waals surface area contributed by atoms with E-state index in [0.29, 0.717) is 6.42 Å². The largest absolute Gasteiger partial charge is 0.327 e. The van der Waals surface area contributed by atoms with Crippen molar-refractivity contribution in [2.45, 2.75) is 25.3 Å². The zero-order valence-corrected chi connectivity index (χ0v) is 7.61. The van der Waals surface area contributed by atoms with Crippen LogP contribution in [-0.2, 0) is 6.42 Å². The smallest absolute Gasteiger partial charge is 0.0638 e. The van der Waals surface area contributed by atoms with Crippen LogP contribution in [0.25, 0.3) is 0 Å². The molecule has 1 rings (SSSR count). The average Bonchev–Trinajstić information content (AvgIpc) is 2.17. The molecule has 1 aromatic rings. The molecule has 0 fully saturated rings. The molecule has 1 unspecified atom stereocenters. The van der Waals surface area contributed by atoms with Crippen molar-refractivity contribution in [1.29, 1.82) is 5.26 Å². The normalized spacial score (nSPS) is 12.0. The molecule has 0 saturated heterocycles. The fourth-order valence-electron chi connectivity index (χ4n) is 1.22. The molecule has 0 bridgehead atoms. The van der Waals surface area contributed by atoms with Gasteiger partial charge in [0, 0.05) is 6.04 Å². The highest BCUT2D eigenvalue weighted by atomic mass is 14.6. The van der Waals surface area contributed by atoms with Gasteiger partial charge in [-0.15, -0.1) is 0 Å². The number of rotatable bonds is 4. The van der Waals surface area contributed by atoms with Crippen LogP contribution in [0.15, 0.2) is 30.3 Å². The Hall–Kier alpha value is -1.33. The first-order chi connectivity index (χ1) is 6.33. The van der Waals surface area contributed by atoms with Gasteiger partial charge in [-0.05, 0) is 18.4 Å². The van der Waals surface area contributed by atoms with E-state index in [1.54, 1.807) is 0 Å². The molecule has 2 nitrogen and oxygen atoms in total. The van der Waals surface area contributed by atoms with Crippen LogP contribution >= 0.6 is 0 Å². The summed E-state index contributed by atoms with van der Waals surface area (Å²) in [4.78, 5) is 0. The maximum Gasteiger partial charge on any atom is 0.0638 e. The fraction of sp³-hybridized carbons (Fsp3) is 0.364. The molecule has 0 radical (unpaired) electrons. The summed E-state index contributed by atoms with van der Waals surface area (Å²) in [6, 6.07) is 12.3. The van der Waals surface area contributed by atoms with Crippen molar-refractivity contribution in [3.8, 4) is 6.07 Å². The molecule has 1 aromatic carbocycles. The Kier molecular flexibility index (Phi) is 4.01.